The van der Waals surface area contributed by atoms with Crippen molar-refractivity contribution in [3.8, 4) is 0 Å². The summed E-state index contributed by atoms with van der Waals surface area (Å²) in [5.74, 6) is 0.776. The summed E-state index contributed by atoms with van der Waals surface area (Å²) in [5.41, 5.74) is 0.0721. The van der Waals surface area contributed by atoms with Crippen LogP contribution >= 0.6 is 0 Å². The first-order valence-electron chi connectivity index (χ1n) is 6.85. The zero-order chi connectivity index (χ0) is 13.8. The highest BCUT2D eigenvalue weighted by Gasteiger charge is 2.24. The standard InChI is InChI=1S/C13H28N2O2S/c1-13(2,3)7-10-18(16,17)15(4)11-12-5-8-14-9-6-12/h12,14H,5-11H2,1-4H3. The van der Waals surface area contributed by atoms with Gasteiger partial charge in [0.15, 0.2) is 0 Å². The lowest BCUT2D eigenvalue weighted by atomic mass is 9.94. The van der Waals surface area contributed by atoms with Gasteiger partial charge in [-0.2, -0.15) is 0 Å². The maximum Gasteiger partial charge on any atom is 0.213 e. The molecule has 0 aromatic carbocycles. The van der Waals surface area contributed by atoms with Crippen LogP contribution in [0.15, 0.2) is 0 Å². The monoisotopic (exact) mass is 276 g/mol. The highest BCUT2D eigenvalue weighted by Crippen LogP contribution is 2.21. The Balaban J connectivity index is 2.45. The van der Waals surface area contributed by atoms with Gasteiger partial charge in [0.25, 0.3) is 0 Å². The first kappa shape index (κ1) is 15.9. The van der Waals surface area contributed by atoms with Crippen LogP contribution in [0.5, 0.6) is 0 Å². The van der Waals surface area contributed by atoms with E-state index < -0.39 is 10.0 Å². The van der Waals surface area contributed by atoms with Crippen molar-refractivity contribution in [1.82, 2.24) is 9.62 Å². The van der Waals surface area contributed by atoms with E-state index in [2.05, 4.69) is 26.1 Å². The van der Waals surface area contributed by atoms with Gasteiger partial charge in [0.1, 0.15) is 0 Å². The van der Waals surface area contributed by atoms with Crippen LogP contribution in [-0.4, -0.2) is 45.2 Å². The normalized spacial score (nSPS) is 19.4. The highest BCUT2D eigenvalue weighted by molar-refractivity contribution is 7.89. The van der Waals surface area contributed by atoms with Gasteiger partial charge in [-0.25, -0.2) is 12.7 Å². The van der Waals surface area contributed by atoms with Crippen LogP contribution in [0.1, 0.15) is 40.0 Å². The molecule has 0 aliphatic carbocycles. The molecule has 1 aliphatic heterocycles. The van der Waals surface area contributed by atoms with E-state index in [0.29, 0.717) is 18.9 Å². The lowest BCUT2D eigenvalue weighted by molar-refractivity contribution is 0.309. The van der Waals surface area contributed by atoms with Gasteiger partial charge in [-0.15, -0.1) is 0 Å². The fourth-order valence-corrected chi connectivity index (χ4v) is 3.75. The molecular weight excluding hydrogens is 248 g/mol. The second kappa shape index (κ2) is 6.35. The van der Waals surface area contributed by atoms with E-state index in [1.54, 1.807) is 11.4 Å². The Morgan fingerprint density at radius 1 is 1.22 bits per heavy atom. The fraction of sp³-hybridized carbons (Fsp3) is 1.00. The second-order valence-electron chi connectivity index (χ2n) is 6.60. The first-order chi connectivity index (χ1) is 8.21. The van der Waals surface area contributed by atoms with E-state index in [0.717, 1.165) is 25.9 Å². The minimum Gasteiger partial charge on any atom is -0.317 e. The van der Waals surface area contributed by atoms with Gasteiger partial charge < -0.3 is 5.32 Å². The van der Waals surface area contributed by atoms with Crippen LogP contribution in [0.25, 0.3) is 0 Å². The van der Waals surface area contributed by atoms with Crippen LogP contribution in [0.4, 0.5) is 0 Å². The topological polar surface area (TPSA) is 49.4 Å². The van der Waals surface area contributed by atoms with Crippen molar-refractivity contribution in [3.63, 3.8) is 0 Å². The van der Waals surface area contributed by atoms with Crippen molar-refractivity contribution in [2.75, 3.05) is 32.4 Å². The van der Waals surface area contributed by atoms with Crippen molar-refractivity contribution in [2.45, 2.75) is 40.0 Å². The van der Waals surface area contributed by atoms with E-state index >= 15 is 0 Å². The van der Waals surface area contributed by atoms with Gasteiger partial charge in [-0.3, -0.25) is 0 Å². The molecule has 1 aliphatic rings. The fourth-order valence-electron chi connectivity index (χ4n) is 2.13. The maximum atomic E-state index is 12.2. The minimum atomic E-state index is -3.08. The Bertz CT molecular complexity index is 340. The summed E-state index contributed by atoms with van der Waals surface area (Å²) in [6, 6.07) is 0. The lowest BCUT2D eigenvalue weighted by Crippen LogP contribution is -2.38. The largest absolute Gasteiger partial charge is 0.317 e. The van der Waals surface area contributed by atoms with Gasteiger partial charge in [-0.05, 0) is 43.7 Å². The summed E-state index contributed by atoms with van der Waals surface area (Å²) in [6.45, 7) is 8.94. The van der Waals surface area contributed by atoms with Gasteiger partial charge >= 0.3 is 0 Å². The van der Waals surface area contributed by atoms with E-state index in [1.807, 2.05) is 0 Å². The Morgan fingerprint density at radius 2 is 1.78 bits per heavy atom. The number of piperidine rings is 1. The van der Waals surface area contributed by atoms with Crippen LogP contribution in [0, 0.1) is 11.3 Å². The third kappa shape index (κ3) is 5.67. The molecule has 1 rings (SSSR count). The molecule has 1 fully saturated rings. The Kier molecular flexibility index (Phi) is 5.62. The van der Waals surface area contributed by atoms with Crippen LogP contribution in [0.3, 0.4) is 0 Å². The molecule has 1 saturated heterocycles. The zero-order valence-electron chi connectivity index (χ0n) is 12.2. The van der Waals surface area contributed by atoms with Gasteiger partial charge in [-0.1, -0.05) is 20.8 Å². The second-order valence-corrected chi connectivity index (χ2v) is 8.80. The van der Waals surface area contributed by atoms with Crippen LogP contribution < -0.4 is 5.32 Å². The van der Waals surface area contributed by atoms with Gasteiger partial charge in [0.05, 0.1) is 5.75 Å². The number of nitrogens with one attached hydrogen (secondary N) is 1. The third-order valence-electron chi connectivity index (χ3n) is 3.56. The van der Waals surface area contributed by atoms with Gasteiger partial charge in [0, 0.05) is 13.6 Å². The van der Waals surface area contributed by atoms with Crippen molar-refractivity contribution in [2.24, 2.45) is 11.3 Å². The van der Waals surface area contributed by atoms with Crippen LogP contribution in [0.2, 0.25) is 0 Å². The summed E-state index contributed by atoms with van der Waals surface area (Å²) in [4.78, 5) is 0. The SMILES string of the molecule is CN(CC1CCNCC1)S(=O)(=O)CCC(C)(C)C. The molecule has 5 heteroatoms. The lowest BCUT2D eigenvalue weighted by Gasteiger charge is -2.28. The predicted octanol–water partition coefficient (Wildman–Crippen LogP) is 1.68. The third-order valence-corrected chi connectivity index (χ3v) is 5.38. The Hall–Kier alpha value is -0.130. The van der Waals surface area contributed by atoms with Crippen molar-refractivity contribution >= 4 is 10.0 Å². The molecule has 0 aromatic heterocycles. The molecule has 0 amide bonds. The Morgan fingerprint density at radius 3 is 2.28 bits per heavy atom. The van der Waals surface area contributed by atoms with E-state index in [9.17, 15) is 8.42 Å². The molecule has 1 heterocycles. The number of nitrogens with zero attached hydrogens (tertiary/aromatic N) is 1. The summed E-state index contributed by atoms with van der Waals surface area (Å²) in [5, 5.41) is 3.30. The van der Waals surface area contributed by atoms with Crippen molar-refractivity contribution in [1.29, 1.82) is 0 Å². The molecule has 0 aromatic rings. The van der Waals surface area contributed by atoms with Gasteiger partial charge in [0.2, 0.25) is 10.0 Å². The zero-order valence-corrected chi connectivity index (χ0v) is 13.0. The van der Waals surface area contributed by atoms with Crippen LogP contribution in [-0.2, 0) is 10.0 Å². The number of hydrogen-bond acceptors (Lipinski definition) is 3. The first-order valence-corrected chi connectivity index (χ1v) is 8.46. The molecule has 0 atom stereocenters. The summed E-state index contributed by atoms with van der Waals surface area (Å²) < 4.78 is 25.9. The number of sulfonamides is 1. The molecule has 1 N–H and O–H groups in total. The minimum absolute atomic E-state index is 0.0721. The molecule has 0 saturated carbocycles. The smallest absolute Gasteiger partial charge is 0.213 e. The average molecular weight is 276 g/mol. The predicted molar refractivity (Wildman–Crippen MR) is 76.1 cm³/mol. The van der Waals surface area contributed by atoms with Crippen molar-refractivity contribution in [3.05, 3.63) is 0 Å². The summed E-state index contributed by atoms with van der Waals surface area (Å²) in [7, 11) is -1.36. The maximum absolute atomic E-state index is 12.2. The summed E-state index contributed by atoms with van der Waals surface area (Å²) in [6.07, 6.45) is 2.88. The summed E-state index contributed by atoms with van der Waals surface area (Å²) >= 11 is 0. The number of hydrogen-bond donors (Lipinski definition) is 1. The molecular formula is C13H28N2O2S. The quantitative estimate of drug-likeness (QED) is 0.831. The molecule has 108 valence electrons. The van der Waals surface area contributed by atoms with E-state index in [4.69, 9.17) is 0 Å². The average Bonchev–Trinajstić information content (AvgIpc) is 2.27. The molecule has 0 radical (unpaired) electrons. The van der Waals surface area contributed by atoms with E-state index in [-0.39, 0.29) is 11.2 Å². The molecule has 0 bridgehead atoms. The van der Waals surface area contributed by atoms with E-state index in [1.165, 1.54) is 0 Å². The molecule has 0 spiro atoms. The highest BCUT2D eigenvalue weighted by atomic mass is 32.2. The molecule has 18 heavy (non-hydrogen) atoms. The molecule has 4 nitrogen and oxygen atoms in total. The Labute approximate surface area is 112 Å². The molecule has 0 unspecified atom stereocenters. The number of rotatable bonds is 5. The van der Waals surface area contributed by atoms with Crippen molar-refractivity contribution < 1.29 is 8.42 Å².